The summed E-state index contributed by atoms with van der Waals surface area (Å²) in [5, 5.41) is 6.39. The van der Waals surface area contributed by atoms with Crippen molar-refractivity contribution >= 4 is 27.5 Å². The average molecular weight is 417 g/mol. The van der Waals surface area contributed by atoms with Crippen LogP contribution < -0.4 is 10.0 Å². The fourth-order valence-corrected chi connectivity index (χ4v) is 4.19. The minimum absolute atomic E-state index is 0.0189. The highest BCUT2D eigenvalue weighted by atomic mass is 32.2. The van der Waals surface area contributed by atoms with E-state index in [-0.39, 0.29) is 22.4 Å². The van der Waals surface area contributed by atoms with Crippen LogP contribution in [0.25, 0.3) is 11.1 Å². The number of nitrogens with zero attached hydrogens (tertiary/aromatic N) is 1. The number of rotatable bonds is 5. The van der Waals surface area contributed by atoms with Crippen molar-refractivity contribution in [3.05, 3.63) is 59.0 Å². The highest BCUT2D eigenvalue weighted by Crippen LogP contribution is 2.34. The molecule has 0 saturated carbocycles. The first-order valence-electron chi connectivity index (χ1n) is 8.72. The summed E-state index contributed by atoms with van der Waals surface area (Å²) < 4.78 is 47.2. The van der Waals surface area contributed by atoms with Crippen LogP contribution in [0.15, 0.2) is 45.8 Å². The minimum atomic E-state index is -3.99. The van der Waals surface area contributed by atoms with Gasteiger partial charge in [0.1, 0.15) is 5.82 Å². The summed E-state index contributed by atoms with van der Waals surface area (Å²) >= 11 is 0. The minimum Gasteiger partial charge on any atom is -0.337 e. The molecule has 0 aliphatic heterocycles. The molecule has 0 unspecified atom stereocenters. The maximum absolute atomic E-state index is 13.8. The molecule has 29 heavy (non-hydrogen) atoms. The van der Waals surface area contributed by atoms with E-state index in [0.717, 1.165) is 6.07 Å². The zero-order chi connectivity index (χ0) is 21.3. The highest BCUT2D eigenvalue weighted by Gasteiger charge is 2.22. The Morgan fingerprint density at radius 2 is 1.76 bits per heavy atom. The van der Waals surface area contributed by atoms with Gasteiger partial charge in [-0.1, -0.05) is 23.4 Å². The van der Waals surface area contributed by atoms with Crippen molar-refractivity contribution in [3.63, 3.8) is 0 Å². The van der Waals surface area contributed by atoms with Crippen LogP contribution in [-0.4, -0.2) is 19.5 Å². The normalized spacial score (nSPS) is 11.3. The van der Waals surface area contributed by atoms with Crippen LogP contribution in [0.4, 0.5) is 16.0 Å². The van der Waals surface area contributed by atoms with E-state index >= 15 is 0 Å². The van der Waals surface area contributed by atoms with E-state index in [9.17, 15) is 17.6 Å². The summed E-state index contributed by atoms with van der Waals surface area (Å²) in [6.45, 7) is 6.27. The number of sulfonamides is 1. The lowest BCUT2D eigenvalue weighted by Crippen LogP contribution is -2.14. The second-order valence-electron chi connectivity index (χ2n) is 6.70. The Morgan fingerprint density at radius 3 is 2.41 bits per heavy atom. The maximum Gasteiger partial charge on any atom is 0.262 e. The molecule has 1 aromatic heterocycles. The molecule has 3 rings (SSSR count). The number of carbonyl (C=O) groups excluding carboxylic acids is 1. The van der Waals surface area contributed by atoms with E-state index in [1.54, 1.807) is 32.9 Å². The van der Waals surface area contributed by atoms with Crippen molar-refractivity contribution in [2.75, 3.05) is 10.0 Å². The molecule has 0 bridgehead atoms. The maximum atomic E-state index is 13.8. The zero-order valence-corrected chi connectivity index (χ0v) is 17.1. The molecule has 0 fully saturated rings. The fourth-order valence-electron chi connectivity index (χ4n) is 2.87. The van der Waals surface area contributed by atoms with Crippen LogP contribution in [0, 0.1) is 26.6 Å². The van der Waals surface area contributed by atoms with Crippen LogP contribution >= 0.6 is 0 Å². The first kappa shape index (κ1) is 20.5. The van der Waals surface area contributed by atoms with Crippen LogP contribution in [-0.2, 0) is 14.8 Å². The number of carbonyl (C=O) groups is 1. The topological polar surface area (TPSA) is 101 Å². The molecule has 3 aromatic rings. The van der Waals surface area contributed by atoms with Gasteiger partial charge in [0.25, 0.3) is 10.0 Å². The molecule has 0 saturated heterocycles. The van der Waals surface area contributed by atoms with Crippen LogP contribution in [0.3, 0.4) is 0 Å². The van der Waals surface area contributed by atoms with Crippen molar-refractivity contribution in [1.82, 2.24) is 5.16 Å². The third-order valence-corrected chi connectivity index (χ3v) is 5.87. The van der Waals surface area contributed by atoms with Gasteiger partial charge in [-0.25, -0.2) is 12.8 Å². The number of amides is 1. The smallest absolute Gasteiger partial charge is 0.262 e. The molecule has 1 amide bonds. The highest BCUT2D eigenvalue weighted by molar-refractivity contribution is 7.92. The van der Waals surface area contributed by atoms with Gasteiger partial charge in [-0.15, -0.1) is 0 Å². The molecule has 9 heteroatoms. The van der Waals surface area contributed by atoms with Crippen LogP contribution in [0.5, 0.6) is 0 Å². The predicted molar refractivity (Wildman–Crippen MR) is 108 cm³/mol. The number of benzene rings is 2. The van der Waals surface area contributed by atoms with Crippen molar-refractivity contribution in [1.29, 1.82) is 0 Å². The number of aromatic nitrogens is 1. The Labute approximate surface area is 168 Å². The van der Waals surface area contributed by atoms with E-state index in [1.807, 2.05) is 0 Å². The molecular formula is C20H20FN3O4S. The van der Waals surface area contributed by atoms with Crippen molar-refractivity contribution in [2.45, 2.75) is 32.6 Å². The Morgan fingerprint density at radius 1 is 1.07 bits per heavy atom. The summed E-state index contributed by atoms with van der Waals surface area (Å²) in [7, 11) is -3.99. The lowest BCUT2D eigenvalue weighted by molar-refractivity contribution is -0.114. The average Bonchev–Trinajstić information content (AvgIpc) is 2.98. The molecule has 2 aromatic carbocycles. The van der Waals surface area contributed by atoms with Gasteiger partial charge in [-0.05, 0) is 55.7 Å². The number of aryl methyl sites for hydroxylation is 3. The zero-order valence-electron chi connectivity index (χ0n) is 16.3. The fraction of sp³-hybridized carbons (Fsp3) is 0.200. The molecule has 0 atom stereocenters. The predicted octanol–water partition coefficient (Wildman–Crippen LogP) is 4.17. The second kappa shape index (κ2) is 7.67. The van der Waals surface area contributed by atoms with E-state index in [1.165, 1.54) is 25.1 Å². The molecule has 0 aliphatic carbocycles. The number of hydrogen-bond donors (Lipinski definition) is 2. The summed E-state index contributed by atoms with van der Waals surface area (Å²) in [5.74, 6) is -0.711. The third-order valence-electron chi connectivity index (χ3n) is 4.34. The number of hydrogen-bond acceptors (Lipinski definition) is 5. The number of nitrogens with one attached hydrogen (secondary N) is 2. The van der Waals surface area contributed by atoms with Crippen LogP contribution in [0.1, 0.15) is 23.7 Å². The second-order valence-corrected chi connectivity index (χ2v) is 8.35. The van der Waals surface area contributed by atoms with Gasteiger partial charge in [-0.3, -0.25) is 14.8 Å². The Kier molecular flexibility index (Phi) is 5.43. The van der Waals surface area contributed by atoms with Gasteiger partial charge >= 0.3 is 0 Å². The third kappa shape index (κ3) is 4.29. The van der Waals surface area contributed by atoms with Crippen molar-refractivity contribution in [3.8, 4) is 11.1 Å². The lowest BCUT2D eigenvalue weighted by Gasteiger charge is -2.13. The van der Waals surface area contributed by atoms with Gasteiger partial charge in [0.15, 0.2) is 0 Å². The quantitative estimate of drug-likeness (QED) is 0.649. The van der Waals surface area contributed by atoms with Crippen molar-refractivity contribution < 1.29 is 22.1 Å². The molecule has 152 valence electrons. The molecule has 1 heterocycles. The van der Waals surface area contributed by atoms with Crippen LogP contribution in [0.2, 0.25) is 0 Å². The van der Waals surface area contributed by atoms with Gasteiger partial charge in [-0.2, -0.15) is 0 Å². The standard InChI is InChI=1S/C20H20FN3O4S/c1-11-6-8-16(10-17(11)21)24-29(26,27)18-9-15(7-5-12(18)2)19-13(3)23-28-20(19)22-14(4)25/h5-10,24H,1-4H3,(H,22,25). The number of halogens is 1. The van der Waals surface area contributed by atoms with E-state index in [2.05, 4.69) is 15.2 Å². The Bertz CT molecular complexity index is 1200. The van der Waals surface area contributed by atoms with Gasteiger partial charge in [0.05, 0.1) is 21.8 Å². The molecule has 0 aliphatic rings. The van der Waals surface area contributed by atoms with Gasteiger partial charge in [0, 0.05) is 6.92 Å². The SMILES string of the molecule is CC(=O)Nc1onc(C)c1-c1ccc(C)c(S(=O)(=O)Nc2ccc(C)c(F)c2)c1. The van der Waals surface area contributed by atoms with Gasteiger partial charge < -0.3 is 4.52 Å². The summed E-state index contributed by atoms with van der Waals surface area (Å²) in [5.41, 5.74) is 2.53. The summed E-state index contributed by atoms with van der Waals surface area (Å²) in [4.78, 5) is 11.4. The molecule has 7 nitrogen and oxygen atoms in total. The molecule has 2 N–H and O–H groups in total. The van der Waals surface area contributed by atoms with E-state index in [4.69, 9.17) is 4.52 Å². The Hall–Kier alpha value is -3.20. The Balaban J connectivity index is 2.04. The summed E-state index contributed by atoms with van der Waals surface area (Å²) in [6.07, 6.45) is 0. The summed E-state index contributed by atoms with van der Waals surface area (Å²) in [6, 6.07) is 8.94. The molecular weight excluding hydrogens is 397 g/mol. The van der Waals surface area contributed by atoms with Crippen molar-refractivity contribution in [2.24, 2.45) is 0 Å². The first-order valence-corrected chi connectivity index (χ1v) is 10.2. The molecule has 0 spiro atoms. The molecule has 0 radical (unpaired) electrons. The largest absolute Gasteiger partial charge is 0.337 e. The lowest BCUT2D eigenvalue weighted by atomic mass is 10.0. The number of anilines is 2. The van der Waals surface area contributed by atoms with E-state index in [0.29, 0.717) is 27.9 Å². The van der Waals surface area contributed by atoms with Gasteiger partial charge in [0.2, 0.25) is 11.8 Å². The van der Waals surface area contributed by atoms with E-state index < -0.39 is 15.8 Å². The first-order chi connectivity index (χ1) is 13.6. The monoisotopic (exact) mass is 417 g/mol.